The van der Waals surface area contributed by atoms with Crippen LogP contribution in [0.2, 0.25) is 0 Å². The fraction of sp³-hybridized carbons (Fsp3) is 0.194. The zero-order chi connectivity index (χ0) is 29.4. The van der Waals surface area contributed by atoms with Gasteiger partial charge in [0.05, 0.1) is 37.0 Å². The summed E-state index contributed by atoms with van der Waals surface area (Å²) in [5, 5.41) is 0. The van der Waals surface area contributed by atoms with Crippen LogP contribution in [0.25, 0.3) is 6.08 Å². The van der Waals surface area contributed by atoms with Crippen LogP contribution in [0.5, 0.6) is 17.2 Å². The molecule has 1 atom stereocenters. The molecule has 42 heavy (non-hydrogen) atoms. The summed E-state index contributed by atoms with van der Waals surface area (Å²) < 4.78 is 25.9. The maximum absolute atomic E-state index is 13.9. The topological polar surface area (TPSA) is 88.4 Å². The highest BCUT2D eigenvalue weighted by atomic mass is 127. The Kier molecular flexibility index (Phi) is 8.24. The van der Waals surface area contributed by atoms with E-state index in [1.165, 1.54) is 18.4 Å². The molecule has 11 heteroatoms. The number of esters is 1. The van der Waals surface area contributed by atoms with Crippen LogP contribution in [-0.2, 0) is 16.1 Å². The number of aromatic nitrogens is 1. The first-order chi connectivity index (χ1) is 20.4. The first kappa shape index (κ1) is 28.7. The molecule has 2 aliphatic heterocycles. The summed E-state index contributed by atoms with van der Waals surface area (Å²) in [7, 11) is 1.34. The van der Waals surface area contributed by atoms with E-state index < -0.39 is 12.0 Å². The lowest BCUT2D eigenvalue weighted by atomic mass is 9.95. The Morgan fingerprint density at radius 2 is 1.95 bits per heavy atom. The molecule has 1 aromatic heterocycles. The number of hydrogen-bond donors (Lipinski definition) is 0. The number of thiazole rings is 1. The molecule has 214 valence electrons. The number of halogens is 2. The molecule has 0 N–H and O–H groups in total. The van der Waals surface area contributed by atoms with Gasteiger partial charge in [-0.05, 0) is 92.0 Å². The Bertz CT molecular complexity index is 1890. The number of hydrogen-bond acceptors (Lipinski definition) is 8. The van der Waals surface area contributed by atoms with Gasteiger partial charge in [-0.3, -0.25) is 9.36 Å². The monoisotopic (exact) mass is 758 g/mol. The fourth-order valence-electron chi connectivity index (χ4n) is 4.95. The van der Waals surface area contributed by atoms with Gasteiger partial charge >= 0.3 is 5.97 Å². The van der Waals surface area contributed by atoms with E-state index in [2.05, 4.69) is 38.5 Å². The molecular weight excluding hydrogens is 735 g/mol. The standard InChI is InChI=1S/C31H24BrIN2O6S/c1-3-22-26(30(37)38-2)27(19-7-5-4-6-8-19)35-29(36)25(42-31(35)34-22)14-18-11-20(32)28(21(33)12-18)39-15-17-9-10-23-24(13-17)41-16-40-23/h4-14,27H,3,15-16H2,1-2H3/b25-14-/t27-/m0/s1. The van der Waals surface area contributed by atoms with Crippen molar-refractivity contribution >= 4 is 61.9 Å². The minimum atomic E-state index is -0.633. The van der Waals surface area contributed by atoms with Gasteiger partial charge in [-0.25, -0.2) is 9.79 Å². The number of benzene rings is 3. The first-order valence-electron chi connectivity index (χ1n) is 13.1. The summed E-state index contributed by atoms with van der Waals surface area (Å²) in [6.45, 7) is 2.51. The maximum Gasteiger partial charge on any atom is 0.338 e. The number of carbonyl (C=O) groups excluding carboxylic acids is 1. The Morgan fingerprint density at radius 1 is 1.17 bits per heavy atom. The van der Waals surface area contributed by atoms with Crippen LogP contribution >= 0.6 is 49.9 Å². The quantitative estimate of drug-likeness (QED) is 0.184. The van der Waals surface area contributed by atoms with Gasteiger partial charge in [-0.1, -0.05) is 54.7 Å². The second kappa shape index (κ2) is 12.1. The summed E-state index contributed by atoms with van der Waals surface area (Å²) >= 11 is 7.18. The predicted molar refractivity (Wildman–Crippen MR) is 171 cm³/mol. The Morgan fingerprint density at radius 3 is 2.69 bits per heavy atom. The van der Waals surface area contributed by atoms with Crippen LogP contribution < -0.4 is 29.1 Å². The van der Waals surface area contributed by atoms with E-state index in [4.69, 9.17) is 23.9 Å². The molecule has 0 amide bonds. The number of ether oxygens (including phenoxy) is 4. The van der Waals surface area contributed by atoms with Gasteiger partial charge in [0.2, 0.25) is 6.79 Å². The average Bonchev–Trinajstić information content (AvgIpc) is 3.59. The zero-order valence-electron chi connectivity index (χ0n) is 22.6. The maximum atomic E-state index is 13.9. The van der Waals surface area contributed by atoms with Crippen molar-refractivity contribution in [3.63, 3.8) is 0 Å². The van der Waals surface area contributed by atoms with Crippen LogP contribution in [0, 0.1) is 3.57 Å². The minimum Gasteiger partial charge on any atom is -0.487 e. The normalized spacial score (nSPS) is 15.8. The highest BCUT2D eigenvalue weighted by Gasteiger charge is 2.33. The fourth-order valence-corrected chi connectivity index (χ4v) is 7.74. The first-order valence-corrected chi connectivity index (χ1v) is 15.7. The van der Waals surface area contributed by atoms with Gasteiger partial charge in [0.25, 0.3) is 5.56 Å². The molecule has 6 rings (SSSR count). The molecule has 0 fully saturated rings. The van der Waals surface area contributed by atoms with Crippen molar-refractivity contribution in [2.24, 2.45) is 4.99 Å². The second-order valence-corrected chi connectivity index (χ2v) is 12.5. The van der Waals surface area contributed by atoms with E-state index in [-0.39, 0.29) is 12.4 Å². The van der Waals surface area contributed by atoms with Gasteiger partial charge < -0.3 is 18.9 Å². The van der Waals surface area contributed by atoms with Gasteiger partial charge in [0.1, 0.15) is 12.4 Å². The van der Waals surface area contributed by atoms with Crippen molar-refractivity contribution in [1.82, 2.24) is 4.57 Å². The second-order valence-electron chi connectivity index (χ2n) is 9.49. The lowest BCUT2D eigenvalue weighted by molar-refractivity contribution is -0.136. The van der Waals surface area contributed by atoms with Crippen molar-refractivity contribution in [2.45, 2.75) is 26.0 Å². The van der Waals surface area contributed by atoms with Gasteiger partial charge in [-0.2, -0.15) is 0 Å². The van der Waals surface area contributed by atoms with E-state index in [0.717, 1.165) is 30.5 Å². The Hall–Kier alpha value is -3.42. The van der Waals surface area contributed by atoms with Crippen molar-refractivity contribution in [1.29, 1.82) is 0 Å². The molecule has 0 unspecified atom stereocenters. The summed E-state index contributed by atoms with van der Waals surface area (Å²) in [6, 6.07) is 18.5. The van der Waals surface area contributed by atoms with E-state index in [9.17, 15) is 9.59 Å². The Balaban J connectivity index is 1.36. The molecule has 8 nitrogen and oxygen atoms in total. The number of allylic oxidation sites excluding steroid dienone is 1. The van der Waals surface area contributed by atoms with Gasteiger partial charge in [0.15, 0.2) is 16.3 Å². The summed E-state index contributed by atoms with van der Waals surface area (Å²) in [6.07, 6.45) is 2.37. The van der Waals surface area contributed by atoms with Crippen LogP contribution in [-0.4, -0.2) is 24.4 Å². The number of nitrogens with zero attached hydrogens (tertiary/aromatic N) is 2. The molecule has 2 aliphatic rings. The average molecular weight is 759 g/mol. The van der Waals surface area contributed by atoms with Crippen molar-refractivity contribution in [3.8, 4) is 17.2 Å². The summed E-state index contributed by atoms with van der Waals surface area (Å²) in [5.41, 5.74) is 3.37. The third kappa shape index (κ3) is 5.40. The summed E-state index contributed by atoms with van der Waals surface area (Å²) in [5.74, 6) is 1.65. The van der Waals surface area contributed by atoms with Crippen molar-refractivity contribution in [3.05, 3.63) is 116 Å². The molecule has 3 heterocycles. The minimum absolute atomic E-state index is 0.224. The third-order valence-corrected chi connectivity index (χ3v) is 9.28. The van der Waals surface area contributed by atoms with Crippen LogP contribution in [0.4, 0.5) is 0 Å². The van der Waals surface area contributed by atoms with Crippen molar-refractivity contribution < 1.29 is 23.7 Å². The van der Waals surface area contributed by atoms with Crippen LogP contribution in [0.1, 0.15) is 36.1 Å². The van der Waals surface area contributed by atoms with E-state index in [1.54, 1.807) is 4.57 Å². The molecule has 3 aromatic carbocycles. The van der Waals surface area contributed by atoms with Gasteiger partial charge in [-0.15, -0.1) is 0 Å². The number of rotatable bonds is 7. The summed E-state index contributed by atoms with van der Waals surface area (Å²) in [4.78, 5) is 32.1. The third-order valence-electron chi connectivity index (χ3n) is 6.90. The Labute approximate surface area is 267 Å². The van der Waals surface area contributed by atoms with E-state index >= 15 is 0 Å². The molecule has 0 saturated carbocycles. The SMILES string of the molecule is CCC1=C(C(=O)OC)[C@H](c2ccccc2)n2c(s/c(=C\c3cc(Br)c(OCc4ccc5c(c4)OCO5)c(I)c3)c2=O)=N1. The molecule has 0 saturated heterocycles. The molecule has 0 aliphatic carbocycles. The molecular formula is C31H24BrIN2O6S. The van der Waals surface area contributed by atoms with Gasteiger partial charge in [0, 0.05) is 0 Å². The van der Waals surface area contributed by atoms with Crippen molar-refractivity contribution in [2.75, 3.05) is 13.9 Å². The lowest BCUT2D eigenvalue weighted by Gasteiger charge is -2.25. The number of carbonyl (C=O) groups is 1. The van der Waals surface area contributed by atoms with E-state index in [1.807, 2.05) is 73.7 Å². The number of methoxy groups -OCH3 is 1. The smallest absolute Gasteiger partial charge is 0.338 e. The largest absolute Gasteiger partial charge is 0.487 e. The zero-order valence-corrected chi connectivity index (χ0v) is 27.1. The lowest BCUT2D eigenvalue weighted by Crippen LogP contribution is -2.40. The molecule has 0 radical (unpaired) electrons. The molecule has 4 aromatic rings. The van der Waals surface area contributed by atoms with Crippen LogP contribution in [0.15, 0.2) is 86.2 Å². The molecule has 0 bridgehead atoms. The van der Waals surface area contributed by atoms with Crippen LogP contribution in [0.3, 0.4) is 0 Å². The molecule has 0 spiro atoms. The van der Waals surface area contributed by atoms with E-state index in [0.29, 0.717) is 45.1 Å². The number of fused-ring (bicyclic) bond motifs is 2. The predicted octanol–water partition coefficient (Wildman–Crippen LogP) is 5.47. The highest BCUT2D eigenvalue weighted by Crippen LogP contribution is 2.36. The highest BCUT2D eigenvalue weighted by molar-refractivity contribution is 14.1.